The second-order valence-corrected chi connectivity index (χ2v) is 10.3. The topological polar surface area (TPSA) is 113 Å². The van der Waals surface area contributed by atoms with Gasteiger partial charge in [-0.3, -0.25) is 10.1 Å². The van der Waals surface area contributed by atoms with Gasteiger partial charge in [0.2, 0.25) is 5.91 Å². The third kappa shape index (κ3) is 6.74. The van der Waals surface area contributed by atoms with E-state index < -0.39 is 11.6 Å². The number of aliphatic hydroxyl groups excluding tert-OH is 1. The molecule has 2 amide bonds. The van der Waals surface area contributed by atoms with Crippen molar-refractivity contribution in [2.45, 2.75) is 30.8 Å². The number of hydrogen-bond acceptors (Lipinski definition) is 7. The first-order valence-electron chi connectivity index (χ1n) is 11.4. The lowest BCUT2D eigenvalue weighted by atomic mass is 9.79. The van der Waals surface area contributed by atoms with E-state index in [9.17, 15) is 14.7 Å². The van der Waals surface area contributed by atoms with Crippen molar-refractivity contribution in [3.63, 3.8) is 0 Å². The molecule has 2 heterocycles. The van der Waals surface area contributed by atoms with Gasteiger partial charge in [-0.05, 0) is 47.7 Å². The van der Waals surface area contributed by atoms with Gasteiger partial charge in [0.25, 0.3) is 0 Å². The third-order valence-corrected chi connectivity index (χ3v) is 7.02. The monoisotopic (exact) mass is 548 g/mol. The zero-order chi connectivity index (χ0) is 25.5. The number of anilines is 1. The zero-order valence-corrected chi connectivity index (χ0v) is 21.6. The van der Waals surface area contributed by atoms with E-state index >= 15 is 0 Å². The molecule has 0 saturated carbocycles. The molecule has 36 heavy (non-hydrogen) atoms. The Bertz CT molecular complexity index is 1190. The molecule has 2 atom stereocenters. The summed E-state index contributed by atoms with van der Waals surface area (Å²) >= 11 is 13.8. The van der Waals surface area contributed by atoms with Crippen LogP contribution in [0.5, 0.6) is 0 Å². The van der Waals surface area contributed by atoms with Crippen LogP contribution in [-0.2, 0) is 16.0 Å². The molecule has 11 heteroatoms. The number of rotatable bonds is 9. The highest BCUT2D eigenvalue weighted by molar-refractivity contribution is 7.13. The van der Waals surface area contributed by atoms with E-state index in [-0.39, 0.29) is 38.1 Å². The molecule has 0 saturated heterocycles. The molecule has 0 fully saturated rings. The normalized spacial score (nSPS) is 18.8. The Morgan fingerprint density at radius 2 is 2.00 bits per heavy atom. The first kappa shape index (κ1) is 26.4. The lowest BCUT2D eigenvalue weighted by Gasteiger charge is -2.42. The van der Waals surface area contributed by atoms with E-state index in [1.165, 1.54) is 11.3 Å². The maximum atomic E-state index is 12.3. The van der Waals surface area contributed by atoms with Gasteiger partial charge in [0.05, 0.1) is 24.8 Å². The largest absolute Gasteiger partial charge is 0.450 e. The Balaban J connectivity index is 1.35. The van der Waals surface area contributed by atoms with Crippen molar-refractivity contribution in [2.75, 3.05) is 25.1 Å². The maximum absolute atomic E-state index is 12.3. The summed E-state index contributed by atoms with van der Waals surface area (Å²) in [4.78, 5) is 28.2. The number of ether oxygens (including phenoxy) is 1. The van der Waals surface area contributed by atoms with E-state index in [0.717, 1.165) is 16.7 Å². The minimum Gasteiger partial charge on any atom is -0.450 e. The Labute approximate surface area is 223 Å². The van der Waals surface area contributed by atoms with Gasteiger partial charge in [-0.25, -0.2) is 9.78 Å². The fourth-order valence-corrected chi connectivity index (χ4v) is 5.30. The van der Waals surface area contributed by atoms with E-state index in [2.05, 4.69) is 20.9 Å². The lowest BCUT2D eigenvalue weighted by molar-refractivity contribution is -0.116. The Morgan fingerprint density at radius 1 is 1.22 bits per heavy atom. The van der Waals surface area contributed by atoms with Crippen LogP contribution in [0.15, 0.2) is 54.0 Å². The maximum Gasteiger partial charge on any atom is 0.407 e. The van der Waals surface area contributed by atoms with Gasteiger partial charge in [-0.15, -0.1) is 11.3 Å². The summed E-state index contributed by atoms with van der Waals surface area (Å²) in [6.07, 6.45) is 2.07. The van der Waals surface area contributed by atoms with E-state index in [0.29, 0.717) is 28.0 Å². The first-order valence-corrected chi connectivity index (χ1v) is 13.0. The number of aliphatic hydroxyl groups is 1. The van der Waals surface area contributed by atoms with Crippen LogP contribution in [0.1, 0.15) is 35.6 Å². The predicted molar refractivity (Wildman–Crippen MR) is 141 cm³/mol. The van der Waals surface area contributed by atoms with Crippen molar-refractivity contribution in [1.82, 2.24) is 15.6 Å². The van der Waals surface area contributed by atoms with Crippen molar-refractivity contribution in [1.29, 1.82) is 0 Å². The van der Waals surface area contributed by atoms with Crippen molar-refractivity contribution >= 4 is 51.7 Å². The van der Waals surface area contributed by atoms with Gasteiger partial charge in [-0.2, -0.15) is 0 Å². The van der Waals surface area contributed by atoms with Crippen LogP contribution in [0.25, 0.3) is 0 Å². The van der Waals surface area contributed by atoms with E-state index in [1.54, 1.807) is 17.6 Å². The van der Waals surface area contributed by atoms with Crippen molar-refractivity contribution in [2.24, 2.45) is 0 Å². The molecular formula is C25H26Cl2N4O4S. The summed E-state index contributed by atoms with van der Waals surface area (Å²) < 4.78 is 5.23. The van der Waals surface area contributed by atoms with Gasteiger partial charge < -0.3 is 20.5 Å². The van der Waals surface area contributed by atoms with Gasteiger partial charge in [0.15, 0.2) is 5.13 Å². The van der Waals surface area contributed by atoms with Gasteiger partial charge in [-0.1, -0.05) is 47.5 Å². The lowest BCUT2D eigenvalue weighted by Crippen LogP contribution is -2.61. The summed E-state index contributed by atoms with van der Waals surface area (Å²) in [7, 11) is 0. The van der Waals surface area contributed by atoms with Crippen molar-refractivity contribution in [3.8, 4) is 0 Å². The van der Waals surface area contributed by atoms with Crippen LogP contribution in [-0.4, -0.2) is 47.4 Å². The van der Waals surface area contributed by atoms with Gasteiger partial charge in [0, 0.05) is 34.6 Å². The molecule has 1 aliphatic heterocycles. The number of alkyl carbamates (subject to hydrolysis) is 1. The number of carbonyl (C=O) groups is 2. The Kier molecular flexibility index (Phi) is 8.81. The van der Waals surface area contributed by atoms with Crippen LogP contribution in [0, 0.1) is 0 Å². The standard InChI is InChI=1S/C25H26Cl2N4O4S/c26-18-10-17(11-19(27)12-18)22-20-5-2-1-4-16(20)13-25(15-32,31-22)14-29-24(34)35-8-3-6-21(33)30-23-28-7-9-36-23/h1-2,4-5,7,9-12,22,31-32H,3,6,8,13-15H2,(H,29,34)(H,28,30,33). The quantitative estimate of drug-likeness (QED) is 0.291. The molecule has 0 radical (unpaired) electrons. The summed E-state index contributed by atoms with van der Waals surface area (Å²) in [5.41, 5.74) is 2.13. The Hall–Kier alpha value is -2.69. The number of fused-ring (bicyclic) bond motifs is 1. The highest BCUT2D eigenvalue weighted by Crippen LogP contribution is 2.36. The number of nitrogens with zero attached hydrogens (tertiary/aromatic N) is 1. The molecule has 190 valence electrons. The molecule has 3 aromatic rings. The van der Waals surface area contributed by atoms with Crippen LogP contribution in [0.4, 0.5) is 9.93 Å². The molecule has 0 aliphatic carbocycles. The highest BCUT2D eigenvalue weighted by Gasteiger charge is 2.39. The zero-order valence-electron chi connectivity index (χ0n) is 19.3. The molecule has 0 bridgehead atoms. The van der Waals surface area contributed by atoms with E-state index in [4.69, 9.17) is 27.9 Å². The second-order valence-electron chi connectivity index (χ2n) is 8.57. The predicted octanol–water partition coefficient (Wildman–Crippen LogP) is 4.56. The average Bonchev–Trinajstić information content (AvgIpc) is 3.37. The highest BCUT2D eigenvalue weighted by atomic mass is 35.5. The summed E-state index contributed by atoms with van der Waals surface area (Å²) in [5.74, 6) is -0.189. The van der Waals surface area contributed by atoms with Crippen molar-refractivity contribution in [3.05, 3.63) is 80.8 Å². The smallest absolute Gasteiger partial charge is 0.407 e. The molecule has 1 aliphatic rings. The molecule has 0 spiro atoms. The second kappa shape index (κ2) is 12.0. The fourth-order valence-electron chi connectivity index (χ4n) is 4.21. The fraction of sp³-hybridized carbons (Fsp3) is 0.320. The number of benzene rings is 2. The van der Waals surface area contributed by atoms with Crippen molar-refractivity contribution < 1.29 is 19.4 Å². The van der Waals surface area contributed by atoms with Crippen LogP contribution >= 0.6 is 34.5 Å². The number of hydrogen-bond donors (Lipinski definition) is 4. The molecule has 2 aromatic carbocycles. The molecule has 8 nitrogen and oxygen atoms in total. The minimum atomic E-state index is -0.833. The number of halogens is 2. The Morgan fingerprint density at radius 3 is 2.72 bits per heavy atom. The molecule has 4 rings (SSSR count). The van der Waals surface area contributed by atoms with Gasteiger partial charge in [0.1, 0.15) is 0 Å². The summed E-state index contributed by atoms with van der Waals surface area (Å²) in [6.45, 7) is -0.00150. The average molecular weight is 549 g/mol. The third-order valence-electron chi connectivity index (χ3n) is 5.90. The van der Waals surface area contributed by atoms with Gasteiger partial charge >= 0.3 is 6.09 Å². The summed E-state index contributed by atoms with van der Waals surface area (Å²) in [6, 6.07) is 13.0. The minimum absolute atomic E-state index is 0.0865. The molecular weight excluding hydrogens is 523 g/mol. The molecule has 2 unspecified atom stereocenters. The molecule has 4 N–H and O–H groups in total. The van der Waals surface area contributed by atoms with Crippen LogP contribution in [0.2, 0.25) is 10.0 Å². The summed E-state index contributed by atoms with van der Waals surface area (Å²) in [5, 5.41) is 22.7. The number of aromatic nitrogens is 1. The van der Waals surface area contributed by atoms with E-state index in [1.807, 2.05) is 36.4 Å². The number of carbonyl (C=O) groups excluding carboxylic acids is 2. The molecule has 1 aromatic heterocycles. The number of thiazole rings is 1. The SMILES string of the molecule is O=C(CCCOC(=O)NCC1(CO)Cc2ccccc2C(c2cc(Cl)cc(Cl)c2)N1)Nc1nccs1. The first-order chi connectivity index (χ1) is 17.4. The van der Waals surface area contributed by atoms with Crippen LogP contribution < -0.4 is 16.0 Å². The number of amides is 2. The van der Waals surface area contributed by atoms with Crippen LogP contribution in [0.3, 0.4) is 0 Å². The number of nitrogens with one attached hydrogen (secondary N) is 3.